The molecular weight excluding hydrogens is 240 g/mol. The van der Waals surface area contributed by atoms with Crippen molar-refractivity contribution >= 4 is 11.6 Å². The highest BCUT2D eigenvalue weighted by Crippen LogP contribution is 2.05. The van der Waals surface area contributed by atoms with Crippen molar-refractivity contribution in [2.45, 2.75) is 19.5 Å². The lowest BCUT2D eigenvalue weighted by molar-refractivity contribution is -0.117. The standard InChI is InChI=1S/C14H16N4O/c1-11(15-10-13-8-5-9-16-18-13)14(19)17-12-6-3-2-4-7-12/h2-9,11,15H,10H2,1H3,(H,17,19). The molecule has 19 heavy (non-hydrogen) atoms. The minimum Gasteiger partial charge on any atom is -0.325 e. The Kier molecular flexibility index (Phi) is 4.58. The number of carbonyl (C=O) groups excluding carboxylic acids is 1. The van der Waals surface area contributed by atoms with E-state index in [2.05, 4.69) is 20.8 Å². The van der Waals surface area contributed by atoms with Gasteiger partial charge in [-0.15, -0.1) is 0 Å². The Hall–Kier alpha value is -2.27. The molecule has 2 aromatic rings. The van der Waals surface area contributed by atoms with Crippen molar-refractivity contribution in [3.05, 3.63) is 54.4 Å². The third-order valence-corrected chi connectivity index (χ3v) is 2.65. The number of amides is 1. The van der Waals surface area contributed by atoms with E-state index < -0.39 is 0 Å². The van der Waals surface area contributed by atoms with Crippen LogP contribution in [0.2, 0.25) is 0 Å². The zero-order valence-corrected chi connectivity index (χ0v) is 10.7. The number of benzene rings is 1. The smallest absolute Gasteiger partial charge is 0.241 e. The zero-order valence-electron chi connectivity index (χ0n) is 10.7. The lowest BCUT2D eigenvalue weighted by Gasteiger charge is -2.13. The summed E-state index contributed by atoms with van der Waals surface area (Å²) in [6.45, 7) is 2.33. The molecule has 2 N–H and O–H groups in total. The molecule has 0 radical (unpaired) electrons. The average Bonchev–Trinajstić information content (AvgIpc) is 2.47. The fourth-order valence-electron chi connectivity index (χ4n) is 1.55. The molecule has 0 saturated carbocycles. The Morgan fingerprint density at radius 2 is 2.00 bits per heavy atom. The second-order valence-corrected chi connectivity index (χ2v) is 4.17. The molecule has 98 valence electrons. The summed E-state index contributed by atoms with van der Waals surface area (Å²) in [5.41, 5.74) is 1.60. The van der Waals surface area contributed by atoms with Crippen molar-refractivity contribution in [1.29, 1.82) is 0 Å². The molecule has 0 aliphatic rings. The zero-order chi connectivity index (χ0) is 13.5. The van der Waals surface area contributed by atoms with Crippen LogP contribution in [0.4, 0.5) is 5.69 Å². The Balaban J connectivity index is 1.83. The maximum atomic E-state index is 11.9. The quantitative estimate of drug-likeness (QED) is 0.852. The van der Waals surface area contributed by atoms with Gasteiger partial charge in [-0.2, -0.15) is 10.2 Å². The summed E-state index contributed by atoms with van der Waals surface area (Å²) in [5.74, 6) is -0.0740. The van der Waals surface area contributed by atoms with E-state index in [4.69, 9.17) is 0 Å². The molecule has 1 unspecified atom stereocenters. The molecule has 1 heterocycles. The number of hydrogen-bond donors (Lipinski definition) is 2. The van der Waals surface area contributed by atoms with Crippen molar-refractivity contribution in [2.75, 3.05) is 5.32 Å². The first-order valence-corrected chi connectivity index (χ1v) is 6.11. The highest BCUT2D eigenvalue weighted by atomic mass is 16.2. The molecule has 1 aromatic carbocycles. The summed E-state index contributed by atoms with van der Waals surface area (Å²) in [6.07, 6.45) is 1.62. The fourth-order valence-corrected chi connectivity index (χ4v) is 1.55. The van der Waals surface area contributed by atoms with Gasteiger partial charge in [-0.3, -0.25) is 4.79 Å². The Bertz CT molecular complexity index is 515. The monoisotopic (exact) mass is 256 g/mol. The van der Waals surface area contributed by atoms with Gasteiger partial charge in [0, 0.05) is 18.4 Å². The minimum absolute atomic E-state index is 0.0740. The van der Waals surface area contributed by atoms with Gasteiger partial charge in [0.25, 0.3) is 0 Å². The summed E-state index contributed by atoms with van der Waals surface area (Å²) >= 11 is 0. The first kappa shape index (κ1) is 13.2. The summed E-state index contributed by atoms with van der Waals surface area (Å²) < 4.78 is 0. The molecule has 5 nitrogen and oxygen atoms in total. The summed E-state index contributed by atoms with van der Waals surface area (Å²) in [4.78, 5) is 11.9. The number of anilines is 1. The number of hydrogen-bond acceptors (Lipinski definition) is 4. The normalized spacial score (nSPS) is 11.8. The second-order valence-electron chi connectivity index (χ2n) is 4.17. The van der Waals surface area contributed by atoms with E-state index in [0.29, 0.717) is 6.54 Å². The van der Waals surface area contributed by atoms with E-state index in [9.17, 15) is 4.79 Å². The molecule has 0 bridgehead atoms. The molecule has 1 amide bonds. The van der Waals surface area contributed by atoms with Gasteiger partial charge in [-0.25, -0.2) is 0 Å². The largest absolute Gasteiger partial charge is 0.325 e. The van der Waals surface area contributed by atoms with Crippen LogP contribution in [0.25, 0.3) is 0 Å². The number of carbonyl (C=O) groups is 1. The maximum absolute atomic E-state index is 11.9. The first-order valence-electron chi connectivity index (χ1n) is 6.11. The fraction of sp³-hybridized carbons (Fsp3) is 0.214. The van der Waals surface area contributed by atoms with Crippen molar-refractivity contribution in [1.82, 2.24) is 15.5 Å². The van der Waals surface area contributed by atoms with Crippen LogP contribution in [0.15, 0.2) is 48.7 Å². The van der Waals surface area contributed by atoms with E-state index in [0.717, 1.165) is 11.4 Å². The van der Waals surface area contributed by atoms with Gasteiger partial charge in [0.2, 0.25) is 5.91 Å². The van der Waals surface area contributed by atoms with Gasteiger partial charge in [0.05, 0.1) is 11.7 Å². The molecule has 0 fully saturated rings. The summed E-state index contributed by atoms with van der Waals surface area (Å²) in [5, 5.41) is 13.7. The van der Waals surface area contributed by atoms with Gasteiger partial charge in [-0.1, -0.05) is 18.2 Å². The van der Waals surface area contributed by atoms with E-state index in [1.165, 1.54) is 0 Å². The van der Waals surface area contributed by atoms with Gasteiger partial charge >= 0.3 is 0 Å². The van der Waals surface area contributed by atoms with Crippen LogP contribution in [0.3, 0.4) is 0 Å². The van der Waals surface area contributed by atoms with Crippen molar-refractivity contribution in [2.24, 2.45) is 0 Å². The van der Waals surface area contributed by atoms with Crippen LogP contribution in [-0.4, -0.2) is 22.1 Å². The highest BCUT2D eigenvalue weighted by Gasteiger charge is 2.12. The number of aromatic nitrogens is 2. The van der Waals surface area contributed by atoms with Gasteiger partial charge in [0.1, 0.15) is 0 Å². The van der Waals surface area contributed by atoms with Crippen molar-refractivity contribution in [3.63, 3.8) is 0 Å². The molecule has 1 atom stereocenters. The summed E-state index contributed by atoms with van der Waals surface area (Å²) in [7, 11) is 0. The van der Waals surface area contributed by atoms with E-state index in [-0.39, 0.29) is 11.9 Å². The molecule has 5 heteroatoms. The summed E-state index contributed by atoms with van der Waals surface area (Å²) in [6, 6.07) is 12.8. The Morgan fingerprint density at radius 3 is 2.68 bits per heavy atom. The molecule has 1 aromatic heterocycles. The van der Waals surface area contributed by atoms with Crippen LogP contribution in [0, 0.1) is 0 Å². The molecule has 0 aliphatic heterocycles. The van der Waals surface area contributed by atoms with Crippen LogP contribution in [0.1, 0.15) is 12.6 Å². The number of rotatable bonds is 5. The van der Waals surface area contributed by atoms with Gasteiger partial charge in [0.15, 0.2) is 0 Å². The topological polar surface area (TPSA) is 66.9 Å². The third-order valence-electron chi connectivity index (χ3n) is 2.65. The van der Waals surface area contributed by atoms with Gasteiger partial charge in [-0.05, 0) is 31.2 Å². The predicted molar refractivity (Wildman–Crippen MR) is 73.4 cm³/mol. The van der Waals surface area contributed by atoms with E-state index in [1.54, 1.807) is 6.20 Å². The second kappa shape index (κ2) is 6.61. The minimum atomic E-state index is -0.304. The third kappa shape index (κ3) is 4.15. The van der Waals surface area contributed by atoms with E-state index >= 15 is 0 Å². The van der Waals surface area contributed by atoms with Crippen LogP contribution >= 0.6 is 0 Å². The van der Waals surface area contributed by atoms with Crippen LogP contribution in [-0.2, 0) is 11.3 Å². The lowest BCUT2D eigenvalue weighted by atomic mass is 10.2. The average molecular weight is 256 g/mol. The molecule has 0 saturated heterocycles. The van der Waals surface area contributed by atoms with E-state index in [1.807, 2.05) is 49.4 Å². The lowest BCUT2D eigenvalue weighted by Crippen LogP contribution is -2.37. The van der Waals surface area contributed by atoms with Crippen molar-refractivity contribution < 1.29 is 4.79 Å². The van der Waals surface area contributed by atoms with Crippen molar-refractivity contribution in [3.8, 4) is 0 Å². The molecule has 2 rings (SSSR count). The Morgan fingerprint density at radius 1 is 1.21 bits per heavy atom. The SMILES string of the molecule is CC(NCc1cccnn1)C(=O)Nc1ccccc1. The number of nitrogens with zero attached hydrogens (tertiary/aromatic N) is 2. The highest BCUT2D eigenvalue weighted by molar-refractivity contribution is 5.94. The molecule has 0 spiro atoms. The number of nitrogens with one attached hydrogen (secondary N) is 2. The molecular formula is C14H16N4O. The van der Waals surface area contributed by atoms with Gasteiger partial charge < -0.3 is 10.6 Å². The Labute approximate surface area is 112 Å². The van der Waals surface area contributed by atoms with Crippen LogP contribution in [0.5, 0.6) is 0 Å². The first-order chi connectivity index (χ1) is 9.25. The molecule has 0 aliphatic carbocycles. The van der Waals surface area contributed by atoms with Crippen LogP contribution < -0.4 is 10.6 Å². The predicted octanol–water partition coefficient (Wildman–Crippen LogP) is 1.59. The number of para-hydroxylation sites is 1. The maximum Gasteiger partial charge on any atom is 0.241 e.